The average molecular weight is 399 g/mol. The van der Waals surface area contributed by atoms with E-state index in [1.165, 1.54) is 51.4 Å². The number of carbonyl (C=O) groups is 2. The highest BCUT2D eigenvalue weighted by Crippen LogP contribution is 2.23. The fourth-order valence-electron chi connectivity index (χ4n) is 2.38. The van der Waals surface area contributed by atoms with E-state index in [1.807, 2.05) is 12.2 Å². The van der Waals surface area contributed by atoms with E-state index in [0.29, 0.717) is 12.8 Å². The molecule has 0 aliphatic rings. The Labute approximate surface area is 169 Å². The third kappa shape index (κ3) is 19.8. The molecule has 0 heterocycles. The first-order valence-electron chi connectivity index (χ1n) is 10.3. The van der Waals surface area contributed by atoms with Gasteiger partial charge in [-0.05, 0) is 37.8 Å². The molecule has 0 atom stereocenters. The van der Waals surface area contributed by atoms with Crippen molar-refractivity contribution in [2.45, 2.75) is 90.9 Å². The van der Waals surface area contributed by atoms with Crippen molar-refractivity contribution in [3.05, 3.63) is 24.3 Å². The zero-order valence-electron chi connectivity index (χ0n) is 16.8. The third-order valence-electron chi connectivity index (χ3n) is 4.00. The predicted molar refractivity (Wildman–Crippen MR) is 120 cm³/mol. The maximum absolute atomic E-state index is 11.7. The van der Waals surface area contributed by atoms with E-state index in [2.05, 4.69) is 13.8 Å². The number of unbranched alkanes of at least 4 members (excludes halogenated alkanes) is 8. The molecule has 0 spiro atoms. The van der Waals surface area contributed by atoms with E-state index < -0.39 is 0 Å². The quantitative estimate of drug-likeness (QED) is 0.129. The van der Waals surface area contributed by atoms with Gasteiger partial charge in [-0.15, -0.1) is 0 Å². The van der Waals surface area contributed by atoms with Crippen LogP contribution in [0.25, 0.3) is 0 Å². The van der Waals surface area contributed by atoms with Gasteiger partial charge in [-0.2, -0.15) is 0 Å². The Kier molecular flexibility index (Phi) is 20.4. The van der Waals surface area contributed by atoms with Crippen molar-refractivity contribution in [2.75, 3.05) is 11.5 Å². The Morgan fingerprint density at radius 1 is 0.654 bits per heavy atom. The molecule has 0 aliphatic carbocycles. The van der Waals surface area contributed by atoms with Crippen LogP contribution in [0.4, 0.5) is 0 Å². The van der Waals surface area contributed by atoms with Gasteiger partial charge >= 0.3 is 0 Å². The van der Waals surface area contributed by atoms with Crippen LogP contribution in [0.5, 0.6) is 0 Å². The molecule has 0 aromatic heterocycles. The summed E-state index contributed by atoms with van der Waals surface area (Å²) in [5, 5.41) is 0. The maximum atomic E-state index is 11.7. The SMILES string of the molecule is CCCCCC/C=C/C(=O)CCSSCCC(=O)/C=C/CCCCCC. The summed E-state index contributed by atoms with van der Waals surface area (Å²) < 4.78 is 0. The summed E-state index contributed by atoms with van der Waals surface area (Å²) in [6, 6.07) is 0. The van der Waals surface area contributed by atoms with E-state index in [9.17, 15) is 9.59 Å². The second-order valence-electron chi connectivity index (χ2n) is 6.58. The minimum absolute atomic E-state index is 0.218. The van der Waals surface area contributed by atoms with E-state index in [-0.39, 0.29) is 11.6 Å². The Hall–Kier alpha value is -0.480. The van der Waals surface area contributed by atoms with Crippen molar-refractivity contribution in [1.29, 1.82) is 0 Å². The Morgan fingerprint density at radius 3 is 1.46 bits per heavy atom. The Balaban J connectivity index is 3.45. The monoisotopic (exact) mass is 398 g/mol. The lowest BCUT2D eigenvalue weighted by molar-refractivity contribution is -0.115. The summed E-state index contributed by atoms with van der Waals surface area (Å²) in [5.74, 6) is 2.09. The smallest absolute Gasteiger partial charge is 0.156 e. The van der Waals surface area contributed by atoms with E-state index >= 15 is 0 Å². The highest BCUT2D eigenvalue weighted by molar-refractivity contribution is 8.76. The number of allylic oxidation sites excluding steroid dienone is 4. The van der Waals surface area contributed by atoms with Gasteiger partial charge in [0.15, 0.2) is 11.6 Å². The van der Waals surface area contributed by atoms with E-state index in [1.54, 1.807) is 33.7 Å². The number of carbonyl (C=O) groups excluding carboxylic acids is 2. The van der Waals surface area contributed by atoms with Crippen LogP contribution in [0.3, 0.4) is 0 Å². The molecule has 150 valence electrons. The lowest BCUT2D eigenvalue weighted by Gasteiger charge is -1.99. The van der Waals surface area contributed by atoms with Gasteiger partial charge in [0.1, 0.15) is 0 Å². The van der Waals surface area contributed by atoms with Gasteiger partial charge in [0.05, 0.1) is 0 Å². The molecule has 0 unspecified atom stereocenters. The maximum Gasteiger partial charge on any atom is 0.156 e. The summed E-state index contributed by atoms with van der Waals surface area (Å²) in [7, 11) is 3.39. The van der Waals surface area contributed by atoms with Crippen LogP contribution in [0, 0.1) is 0 Å². The summed E-state index contributed by atoms with van der Waals surface area (Å²) in [6.45, 7) is 4.41. The van der Waals surface area contributed by atoms with Crippen molar-refractivity contribution in [3.8, 4) is 0 Å². The van der Waals surface area contributed by atoms with Crippen LogP contribution in [-0.4, -0.2) is 23.1 Å². The highest BCUT2D eigenvalue weighted by atomic mass is 33.1. The minimum Gasteiger partial charge on any atom is -0.295 e. The number of hydrogen-bond donors (Lipinski definition) is 0. The summed E-state index contributed by atoms with van der Waals surface area (Å²) in [4.78, 5) is 23.4. The van der Waals surface area contributed by atoms with Crippen molar-refractivity contribution >= 4 is 33.2 Å². The van der Waals surface area contributed by atoms with Crippen molar-refractivity contribution < 1.29 is 9.59 Å². The van der Waals surface area contributed by atoms with Gasteiger partial charge in [-0.3, -0.25) is 9.59 Å². The fraction of sp³-hybridized carbons (Fsp3) is 0.727. The van der Waals surface area contributed by atoms with E-state index in [0.717, 1.165) is 24.3 Å². The fourth-order valence-corrected chi connectivity index (χ4v) is 4.39. The third-order valence-corrected chi connectivity index (χ3v) is 6.41. The largest absolute Gasteiger partial charge is 0.295 e. The van der Waals surface area contributed by atoms with Crippen LogP contribution in [-0.2, 0) is 9.59 Å². The van der Waals surface area contributed by atoms with E-state index in [4.69, 9.17) is 0 Å². The van der Waals surface area contributed by atoms with Crippen LogP contribution >= 0.6 is 21.6 Å². The molecular formula is C22H38O2S2. The van der Waals surface area contributed by atoms with Crippen LogP contribution in [0.1, 0.15) is 90.9 Å². The Bertz CT molecular complexity index is 365. The molecule has 4 heteroatoms. The van der Waals surface area contributed by atoms with Gasteiger partial charge in [0.2, 0.25) is 0 Å². The highest BCUT2D eigenvalue weighted by Gasteiger charge is 2.00. The topological polar surface area (TPSA) is 34.1 Å². The molecular weight excluding hydrogens is 360 g/mol. The van der Waals surface area contributed by atoms with Gasteiger partial charge in [-0.1, -0.05) is 86.1 Å². The van der Waals surface area contributed by atoms with Gasteiger partial charge < -0.3 is 0 Å². The second kappa shape index (κ2) is 20.8. The molecule has 0 rings (SSSR count). The predicted octanol–water partition coefficient (Wildman–Crippen LogP) is 7.34. The normalized spacial score (nSPS) is 11.6. The molecule has 0 amide bonds. The minimum atomic E-state index is 0.218. The zero-order valence-corrected chi connectivity index (χ0v) is 18.5. The van der Waals surface area contributed by atoms with Crippen LogP contribution in [0.2, 0.25) is 0 Å². The lowest BCUT2D eigenvalue weighted by atomic mass is 10.1. The second-order valence-corrected chi connectivity index (χ2v) is 9.28. The number of ketones is 2. The van der Waals surface area contributed by atoms with Gasteiger partial charge in [0, 0.05) is 24.3 Å². The average Bonchev–Trinajstić information content (AvgIpc) is 2.63. The molecule has 0 bridgehead atoms. The molecule has 0 N–H and O–H groups in total. The molecule has 0 fully saturated rings. The first kappa shape index (κ1) is 25.5. The van der Waals surface area contributed by atoms with Crippen molar-refractivity contribution in [3.63, 3.8) is 0 Å². The lowest BCUT2D eigenvalue weighted by Crippen LogP contribution is -1.95. The summed E-state index contributed by atoms with van der Waals surface area (Å²) >= 11 is 0. The van der Waals surface area contributed by atoms with Crippen LogP contribution in [0.15, 0.2) is 24.3 Å². The van der Waals surface area contributed by atoms with Gasteiger partial charge in [0.25, 0.3) is 0 Å². The molecule has 0 aromatic rings. The molecule has 0 saturated carbocycles. The first-order valence-corrected chi connectivity index (χ1v) is 12.8. The molecule has 0 aromatic carbocycles. The Morgan fingerprint density at radius 2 is 1.08 bits per heavy atom. The molecule has 0 aliphatic heterocycles. The molecule has 2 nitrogen and oxygen atoms in total. The van der Waals surface area contributed by atoms with Crippen molar-refractivity contribution in [1.82, 2.24) is 0 Å². The zero-order chi connectivity index (χ0) is 19.3. The first-order chi connectivity index (χ1) is 12.7. The number of hydrogen-bond acceptors (Lipinski definition) is 4. The number of rotatable bonds is 19. The molecule has 0 saturated heterocycles. The molecule has 26 heavy (non-hydrogen) atoms. The summed E-state index contributed by atoms with van der Waals surface area (Å²) in [5.41, 5.74) is 0. The van der Waals surface area contributed by atoms with Crippen molar-refractivity contribution in [2.24, 2.45) is 0 Å². The summed E-state index contributed by atoms with van der Waals surface area (Å²) in [6.07, 6.45) is 20.7. The van der Waals surface area contributed by atoms with Gasteiger partial charge in [-0.25, -0.2) is 0 Å². The standard InChI is InChI=1S/C22H38O2S2/c1-3-5-7-9-11-13-15-21(23)17-19-25-26-20-18-22(24)16-14-12-10-8-6-4-2/h13-16H,3-12,17-20H2,1-2H3/b15-13+,16-14+. The molecule has 0 radical (unpaired) electrons. The van der Waals surface area contributed by atoms with Crippen LogP contribution < -0.4 is 0 Å².